The zero-order chi connectivity index (χ0) is 16.8. The number of furan rings is 1. The molecule has 0 unspecified atom stereocenters. The molecule has 7 heteroatoms. The summed E-state index contributed by atoms with van der Waals surface area (Å²) in [7, 11) is 0. The smallest absolute Gasteiger partial charge is 0.187 e. The Balaban J connectivity index is 1.50. The fraction of sp³-hybridized carbons (Fsp3) is 0.294. The van der Waals surface area contributed by atoms with Gasteiger partial charge in [-0.25, -0.2) is 4.39 Å². The summed E-state index contributed by atoms with van der Waals surface area (Å²) in [5.74, 6) is 0.629. The van der Waals surface area contributed by atoms with E-state index in [0.717, 1.165) is 19.4 Å². The highest BCUT2D eigenvalue weighted by Gasteiger charge is 2.15. The van der Waals surface area contributed by atoms with E-state index in [1.807, 2.05) is 0 Å². The van der Waals surface area contributed by atoms with E-state index in [2.05, 4.69) is 15.8 Å². The molecule has 2 heterocycles. The molecule has 126 valence electrons. The summed E-state index contributed by atoms with van der Waals surface area (Å²) < 4.78 is 24.8. The Morgan fingerprint density at radius 1 is 1.33 bits per heavy atom. The van der Waals surface area contributed by atoms with E-state index in [0.29, 0.717) is 28.7 Å². The molecule has 0 radical (unpaired) electrons. The van der Waals surface area contributed by atoms with Crippen molar-refractivity contribution in [3.8, 4) is 11.3 Å². The maximum absolute atomic E-state index is 13.7. The Labute approximate surface area is 144 Å². The van der Waals surface area contributed by atoms with Crippen molar-refractivity contribution < 1.29 is 13.5 Å². The minimum Gasteiger partial charge on any atom is -0.455 e. The van der Waals surface area contributed by atoms with Crippen LogP contribution in [0.15, 0.2) is 45.9 Å². The monoisotopic (exact) mass is 347 g/mol. The summed E-state index contributed by atoms with van der Waals surface area (Å²) in [6.45, 7) is 1.48. The summed E-state index contributed by atoms with van der Waals surface area (Å²) in [5.41, 5.74) is 3.13. The minimum absolute atomic E-state index is 0.210. The Morgan fingerprint density at radius 2 is 2.21 bits per heavy atom. The van der Waals surface area contributed by atoms with Crippen LogP contribution in [0.3, 0.4) is 0 Å². The molecule has 1 aromatic carbocycles. The maximum Gasteiger partial charge on any atom is 0.187 e. The number of ether oxygens (including phenoxy) is 1. The van der Waals surface area contributed by atoms with E-state index < -0.39 is 0 Å². The maximum atomic E-state index is 13.7. The van der Waals surface area contributed by atoms with Crippen molar-refractivity contribution in [1.29, 1.82) is 0 Å². The lowest BCUT2D eigenvalue weighted by Crippen LogP contribution is -2.37. The third kappa shape index (κ3) is 4.39. The molecular weight excluding hydrogens is 329 g/mol. The quantitative estimate of drug-likeness (QED) is 0.495. The number of hydrogen-bond acceptors (Lipinski definition) is 4. The van der Waals surface area contributed by atoms with Gasteiger partial charge in [-0.2, -0.15) is 5.10 Å². The van der Waals surface area contributed by atoms with Gasteiger partial charge in [0.1, 0.15) is 17.3 Å². The number of halogens is 1. The molecule has 3 rings (SSSR count). The fourth-order valence-corrected chi connectivity index (χ4v) is 2.57. The summed E-state index contributed by atoms with van der Waals surface area (Å²) in [6.07, 6.45) is 3.84. The normalized spacial score (nSPS) is 17.3. The van der Waals surface area contributed by atoms with Crippen molar-refractivity contribution in [2.24, 2.45) is 5.10 Å². The second-order valence-corrected chi connectivity index (χ2v) is 5.81. The third-order valence-corrected chi connectivity index (χ3v) is 3.87. The van der Waals surface area contributed by atoms with Crippen LogP contribution in [0, 0.1) is 5.82 Å². The lowest BCUT2D eigenvalue weighted by atomic mass is 10.1. The molecule has 1 aliphatic heterocycles. The zero-order valence-electron chi connectivity index (χ0n) is 13.0. The zero-order valence-corrected chi connectivity index (χ0v) is 13.8. The first-order valence-corrected chi connectivity index (χ1v) is 8.16. The van der Waals surface area contributed by atoms with Gasteiger partial charge < -0.3 is 14.5 Å². The van der Waals surface area contributed by atoms with Crippen LogP contribution in [-0.2, 0) is 4.74 Å². The van der Waals surface area contributed by atoms with E-state index in [1.54, 1.807) is 30.3 Å². The van der Waals surface area contributed by atoms with Gasteiger partial charge in [-0.1, -0.05) is 12.1 Å². The second-order valence-electron chi connectivity index (χ2n) is 5.40. The molecule has 0 saturated carbocycles. The number of benzene rings is 1. The van der Waals surface area contributed by atoms with Crippen LogP contribution >= 0.6 is 12.2 Å². The number of rotatable bonds is 5. The second kappa shape index (κ2) is 8.03. The highest BCUT2D eigenvalue weighted by Crippen LogP contribution is 2.24. The minimum atomic E-state index is -0.326. The van der Waals surface area contributed by atoms with Crippen LogP contribution < -0.4 is 10.7 Å². The molecule has 2 N–H and O–H groups in total. The number of thiocarbonyl (C=S) groups is 1. The van der Waals surface area contributed by atoms with E-state index in [1.165, 1.54) is 12.3 Å². The van der Waals surface area contributed by atoms with E-state index in [9.17, 15) is 4.39 Å². The Bertz CT molecular complexity index is 726. The molecular formula is C17H18FN3O2S. The van der Waals surface area contributed by atoms with Crippen molar-refractivity contribution in [3.63, 3.8) is 0 Å². The molecule has 1 fully saturated rings. The number of hydrogen-bond donors (Lipinski definition) is 2. The van der Waals surface area contributed by atoms with E-state index in [4.69, 9.17) is 21.4 Å². The van der Waals surface area contributed by atoms with Gasteiger partial charge in [0, 0.05) is 13.2 Å². The van der Waals surface area contributed by atoms with Gasteiger partial charge in [0.25, 0.3) is 0 Å². The molecule has 5 nitrogen and oxygen atoms in total. The first-order valence-electron chi connectivity index (χ1n) is 7.75. The standard InChI is InChI=1S/C17H18FN3O2S/c18-15-6-2-1-5-14(15)16-8-7-13(23-16)11-20-21-17(24)19-10-12-4-3-9-22-12/h1-2,5-8,11-12H,3-4,9-10H2,(H2,19,21,24)/b20-11-/t12-/m0/s1. The van der Waals surface area contributed by atoms with Crippen molar-refractivity contribution in [2.45, 2.75) is 18.9 Å². The van der Waals surface area contributed by atoms with Crippen molar-refractivity contribution in [3.05, 3.63) is 48.0 Å². The van der Waals surface area contributed by atoms with Crippen LogP contribution in [0.25, 0.3) is 11.3 Å². The molecule has 2 aromatic rings. The van der Waals surface area contributed by atoms with Gasteiger partial charge in [-0.15, -0.1) is 0 Å². The van der Waals surface area contributed by atoms with Gasteiger partial charge in [-0.3, -0.25) is 5.43 Å². The molecule has 1 aliphatic rings. The van der Waals surface area contributed by atoms with Crippen molar-refractivity contribution >= 4 is 23.5 Å². The number of hydrazone groups is 1. The van der Waals surface area contributed by atoms with Gasteiger partial charge >= 0.3 is 0 Å². The molecule has 0 spiro atoms. The molecule has 24 heavy (non-hydrogen) atoms. The van der Waals surface area contributed by atoms with Crippen molar-refractivity contribution in [1.82, 2.24) is 10.7 Å². The summed E-state index contributed by atoms with van der Waals surface area (Å²) in [6, 6.07) is 9.87. The number of nitrogens with zero attached hydrogens (tertiary/aromatic N) is 1. The highest BCUT2D eigenvalue weighted by molar-refractivity contribution is 7.80. The topological polar surface area (TPSA) is 58.8 Å². The van der Waals surface area contributed by atoms with Crippen LogP contribution in [0.4, 0.5) is 4.39 Å². The largest absolute Gasteiger partial charge is 0.455 e. The molecule has 1 aromatic heterocycles. The van der Waals surface area contributed by atoms with Crippen LogP contribution in [0.1, 0.15) is 18.6 Å². The average molecular weight is 347 g/mol. The van der Waals surface area contributed by atoms with Crippen LogP contribution in [0.2, 0.25) is 0 Å². The van der Waals surface area contributed by atoms with E-state index in [-0.39, 0.29) is 11.9 Å². The van der Waals surface area contributed by atoms with E-state index >= 15 is 0 Å². The lowest BCUT2D eigenvalue weighted by molar-refractivity contribution is 0.114. The Hall–Kier alpha value is -2.25. The summed E-state index contributed by atoms with van der Waals surface area (Å²) >= 11 is 5.13. The molecule has 1 saturated heterocycles. The van der Waals surface area contributed by atoms with Crippen LogP contribution in [-0.4, -0.2) is 30.6 Å². The van der Waals surface area contributed by atoms with Gasteiger partial charge in [0.05, 0.1) is 17.9 Å². The third-order valence-electron chi connectivity index (χ3n) is 3.64. The molecule has 0 bridgehead atoms. The SMILES string of the molecule is Fc1ccccc1-c1ccc(/C=N\NC(=S)NC[C@@H]2CCCO2)o1. The molecule has 0 amide bonds. The first-order chi connectivity index (χ1) is 11.7. The first kappa shape index (κ1) is 16.6. The highest BCUT2D eigenvalue weighted by atomic mass is 32.1. The number of nitrogens with one attached hydrogen (secondary N) is 2. The average Bonchev–Trinajstić information content (AvgIpc) is 3.25. The predicted octanol–water partition coefficient (Wildman–Crippen LogP) is 3.06. The predicted molar refractivity (Wildman–Crippen MR) is 94.4 cm³/mol. The fourth-order valence-electron chi connectivity index (χ4n) is 2.43. The van der Waals surface area contributed by atoms with Gasteiger partial charge in [0.2, 0.25) is 0 Å². The van der Waals surface area contributed by atoms with Gasteiger partial charge in [-0.05, 0) is 49.3 Å². The lowest BCUT2D eigenvalue weighted by Gasteiger charge is -2.11. The molecule has 1 atom stereocenters. The Morgan fingerprint density at radius 3 is 3.00 bits per heavy atom. The van der Waals surface area contributed by atoms with Crippen molar-refractivity contribution in [2.75, 3.05) is 13.2 Å². The summed E-state index contributed by atoms with van der Waals surface area (Å²) in [5, 5.41) is 7.48. The van der Waals surface area contributed by atoms with Crippen LogP contribution in [0.5, 0.6) is 0 Å². The Kier molecular flexibility index (Phi) is 5.55. The van der Waals surface area contributed by atoms with Gasteiger partial charge in [0.15, 0.2) is 5.11 Å². The molecule has 0 aliphatic carbocycles. The summed E-state index contributed by atoms with van der Waals surface area (Å²) in [4.78, 5) is 0.